The molecule has 56 heavy (non-hydrogen) atoms. The molecule has 0 saturated heterocycles. The highest BCUT2D eigenvalue weighted by Gasteiger charge is 2.41. The van der Waals surface area contributed by atoms with Gasteiger partial charge >= 0.3 is 21.4 Å². The first-order chi connectivity index (χ1) is 27.2. The average molecular weight is 785 g/mol. The lowest BCUT2D eigenvalue weighted by atomic mass is 9.63. The maximum absolute atomic E-state index is 12.2. The molecule has 13 N–H and O–H groups in total. The second-order valence-corrected chi connectivity index (χ2v) is 12.8. The van der Waals surface area contributed by atoms with Gasteiger partial charge in [0.2, 0.25) is 0 Å². The van der Waals surface area contributed by atoms with Gasteiger partial charge in [-0.15, -0.1) is 0 Å². The van der Waals surface area contributed by atoms with E-state index >= 15 is 0 Å². The highest BCUT2D eigenvalue weighted by Crippen LogP contribution is 2.25. The molecule has 3 unspecified atom stereocenters. The fourth-order valence-corrected chi connectivity index (χ4v) is 5.89. The van der Waals surface area contributed by atoms with E-state index in [0.29, 0.717) is 18.6 Å². The minimum absolute atomic E-state index is 0.00738. The molecule has 0 saturated carbocycles. The second-order valence-electron chi connectivity index (χ2n) is 12.8. The van der Waals surface area contributed by atoms with E-state index < -0.39 is 39.7 Å². The predicted octanol–water partition coefficient (Wildman–Crippen LogP) is -1.73. The highest BCUT2D eigenvalue weighted by molar-refractivity contribution is 6.80. The largest absolute Gasteiger partial charge is 0.494 e. The van der Waals surface area contributed by atoms with Gasteiger partial charge in [-0.2, -0.15) is 0 Å². The lowest BCUT2D eigenvalue weighted by molar-refractivity contribution is 0.0570. The minimum atomic E-state index is -1.94. The Bertz CT molecular complexity index is 1570. The minimum Gasteiger partial charge on any atom is -0.494 e. The van der Waals surface area contributed by atoms with Crippen molar-refractivity contribution in [2.75, 3.05) is 65.9 Å². The quantitative estimate of drug-likeness (QED) is 0.0277. The van der Waals surface area contributed by atoms with E-state index in [4.69, 9.17) is 45.3 Å². The molecular formula is C37H58B3N3O13. The zero-order valence-corrected chi connectivity index (χ0v) is 32.1. The van der Waals surface area contributed by atoms with Gasteiger partial charge in [0.05, 0.1) is 38.1 Å². The van der Waals surface area contributed by atoms with Gasteiger partial charge in [-0.1, -0.05) is 49.7 Å². The Morgan fingerprint density at radius 1 is 0.554 bits per heavy atom. The zero-order chi connectivity index (χ0) is 40.9. The molecule has 0 aromatic heterocycles. The third-order valence-electron chi connectivity index (χ3n) is 8.76. The first-order valence-electron chi connectivity index (χ1n) is 19.0. The summed E-state index contributed by atoms with van der Waals surface area (Å²) in [5.41, 5.74) is 18.9. The molecule has 0 bridgehead atoms. The molecule has 0 aliphatic rings. The predicted molar refractivity (Wildman–Crippen MR) is 214 cm³/mol. The number of unbranched alkanes of at least 4 members (excludes halogenated alkanes) is 1. The molecule has 0 aliphatic carbocycles. The van der Waals surface area contributed by atoms with Crippen molar-refractivity contribution >= 4 is 37.7 Å². The summed E-state index contributed by atoms with van der Waals surface area (Å²) in [6.07, 6.45) is -0.809. The van der Waals surface area contributed by atoms with Crippen LogP contribution in [0.1, 0.15) is 74.0 Å². The number of hydrogen-bond donors (Lipinski definition) is 10. The highest BCUT2D eigenvalue weighted by atomic mass is 16.6. The molecule has 3 aromatic rings. The molecule has 0 aliphatic heterocycles. The summed E-state index contributed by atoms with van der Waals surface area (Å²) in [5.74, 6) is 0.439. The monoisotopic (exact) mass is 785 g/mol. The average Bonchev–Trinajstić information content (AvgIpc) is 3.21. The van der Waals surface area contributed by atoms with Crippen LogP contribution in [-0.2, 0) is 13.9 Å². The van der Waals surface area contributed by atoms with Crippen molar-refractivity contribution in [3.8, 4) is 17.2 Å². The van der Waals surface area contributed by atoms with Crippen LogP contribution in [0.25, 0.3) is 0 Å². The summed E-state index contributed by atoms with van der Waals surface area (Å²) < 4.78 is 36.8. The summed E-state index contributed by atoms with van der Waals surface area (Å²) in [6, 6.07) is 14.5. The lowest BCUT2D eigenvalue weighted by Gasteiger charge is -2.28. The molecule has 308 valence electrons. The van der Waals surface area contributed by atoms with Crippen LogP contribution in [0.5, 0.6) is 17.2 Å². The fraction of sp³-hybridized carbons (Fsp3) is 0.514. The molecule has 19 heteroatoms. The topological polar surface area (TPSA) is 275 Å². The van der Waals surface area contributed by atoms with E-state index in [2.05, 4.69) is 0 Å². The fourth-order valence-electron chi connectivity index (χ4n) is 5.89. The third-order valence-corrected chi connectivity index (χ3v) is 8.76. The SMILES string of the molecule is CCCCOC(CN)c1cccc(OCCCO)c1B(O)OB(OB(O)c1c(OCCCO)cccc1C(O)CN)c1c(OCCCO)cccc1C(O)CN. The van der Waals surface area contributed by atoms with Crippen LogP contribution in [0.3, 0.4) is 0 Å². The number of nitrogens with two attached hydrogens (primary N) is 3. The summed E-state index contributed by atoms with van der Waals surface area (Å²) in [7, 11) is -5.58. The van der Waals surface area contributed by atoms with Crippen LogP contribution in [0.4, 0.5) is 0 Å². The van der Waals surface area contributed by atoms with Crippen LogP contribution in [0.2, 0.25) is 0 Å². The van der Waals surface area contributed by atoms with Crippen LogP contribution < -0.4 is 47.8 Å². The summed E-state index contributed by atoms with van der Waals surface area (Å²) in [6.45, 7) is 1.71. The Morgan fingerprint density at radius 3 is 1.38 bits per heavy atom. The maximum atomic E-state index is 12.2. The first kappa shape index (κ1) is 47.1. The van der Waals surface area contributed by atoms with Gasteiger partial charge in [-0.3, -0.25) is 0 Å². The normalized spacial score (nSPS) is 12.9. The van der Waals surface area contributed by atoms with Crippen LogP contribution in [-0.4, -0.2) is 123 Å². The lowest BCUT2D eigenvalue weighted by Crippen LogP contribution is -2.54. The molecule has 3 aromatic carbocycles. The number of benzene rings is 3. The molecule has 0 spiro atoms. The van der Waals surface area contributed by atoms with E-state index in [1.165, 1.54) is 6.07 Å². The summed E-state index contributed by atoms with van der Waals surface area (Å²) >= 11 is 0. The smallest absolute Gasteiger partial charge is 0.481 e. The van der Waals surface area contributed by atoms with Gasteiger partial charge in [-0.25, -0.2) is 0 Å². The summed E-state index contributed by atoms with van der Waals surface area (Å²) in [5, 5.41) is 74.6. The molecule has 3 atom stereocenters. The van der Waals surface area contributed by atoms with Gasteiger partial charge in [0, 0.05) is 81.7 Å². The molecule has 0 fully saturated rings. The third kappa shape index (κ3) is 13.4. The summed E-state index contributed by atoms with van der Waals surface area (Å²) in [4.78, 5) is 0. The van der Waals surface area contributed by atoms with Gasteiger partial charge in [0.25, 0.3) is 0 Å². The van der Waals surface area contributed by atoms with Crippen LogP contribution in [0.15, 0.2) is 54.6 Å². The van der Waals surface area contributed by atoms with Crippen molar-refractivity contribution in [3.05, 3.63) is 71.3 Å². The Hall–Kier alpha value is -3.27. The van der Waals surface area contributed by atoms with Gasteiger partial charge in [-0.05, 0) is 41.3 Å². The van der Waals surface area contributed by atoms with E-state index in [0.717, 1.165) is 12.8 Å². The number of hydrogen-bond acceptors (Lipinski definition) is 16. The number of aliphatic hydroxyl groups excluding tert-OH is 5. The number of ether oxygens (including phenoxy) is 4. The zero-order valence-electron chi connectivity index (χ0n) is 32.1. The standard InChI is InChI=1S/C37H58B3N3O13/c1-2-3-19-54-34(25-43)28-12-6-14-32(52-21-8-17-45)36(28)39(50)56-40(37-27(30(48)24-42)11-5-15-33(37)53-22-9-18-46)55-38(49)35-26(29(47)23-41)10-4-13-31(35)51-20-7-16-44/h4-6,10-15,29-30,34,44-50H,2-3,7-9,16-25,41-43H2,1H3. The number of rotatable bonds is 29. The van der Waals surface area contributed by atoms with E-state index in [-0.39, 0.29) is 117 Å². The first-order valence-corrected chi connectivity index (χ1v) is 19.0. The molecule has 3 rings (SSSR count). The van der Waals surface area contributed by atoms with Crippen molar-refractivity contribution in [2.24, 2.45) is 17.2 Å². The van der Waals surface area contributed by atoms with Crippen molar-refractivity contribution in [2.45, 2.75) is 57.3 Å². The molecule has 0 heterocycles. The molecule has 0 radical (unpaired) electrons. The number of aliphatic hydroxyl groups is 5. The maximum Gasteiger partial charge on any atom is 0.481 e. The second kappa shape index (κ2) is 25.9. The Kier molecular flexibility index (Phi) is 21.8. The van der Waals surface area contributed by atoms with E-state index in [1.807, 2.05) is 6.92 Å². The van der Waals surface area contributed by atoms with E-state index in [1.54, 1.807) is 48.5 Å². The molecular weight excluding hydrogens is 727 g/mol. The Morgan fingerprint density at radius 2 is 0.964 bits per heavy atom. The van der Waals surface area contributed by atoms with Crippen LogP contribution >= 0.6 is 0 Å². The van der Waals surface area contributed by atoms with Crippen molar-refractivity contribution < 1.29 is 63.7 Å². The molecule has 16 nitrogen and oxygen atoms in total. The van der Waals surface area contributed by atoms with E-state index in [9.17, 15) is 35.6 Å². The Balaban J connectivity index is 2.28. The van der Waals surface area contributed by atoms with Gasteiger partial charge in [0.15, 0.2) is 0 Å². The van der Waals surface area contributed by atoms with Crippen molar-refractivity contribution in [1.29, 1.82) is 0 Å². The molecule has 0 amide bonds. The Labute approximate surface area is 329 Å². The van der Waals surface area contributed by atoms with Crippen molar-refractivity contribution in [3.63, 3.8) is 0 Å². The van der Waals surface area contributed by atoms with Gasteiger partial charge < -0.3 is 80.9 Å². The van der Waals surface area contributed by atoms with Crippen LogP contribution in [0, 0.1) is 0 Å². The van der Waals surface area contributed by atoms with Crippen molar-refractivity contribution in [1.82, 2.24) is 0 Å². The van der Waals surface area contributed by atoms with Gasteiger partial charge in [0.1, 0.15) is 17.2 Å².